The number of hydrogen-bond donors (Lipinski definition) is 1. The molecule has 1 N–H and O–H groups in total. The minimum absolute atomic E-state index is 0.219. The van der Waals surface area contributed by atoms with Crippen LogP contribution in [0.2, 0.25) is 0 Å². The van der Waals surface area contributed by atoms with Crippen molar-refractivity contribution in [2.24, 2.45) is 0 Å². The van der Waals surface area contributed by atoms with Crippen molar-refractivity contribution in [3.05, 3.63) is 41.0 Å². The Morgan fingerprint density at radius 3 is 2.67 bits per heavy atom. The van der Waals surface area contributed by atoms with Gasteiger partial charge in [0.1, 0.15) is 5.75 Å². The molecule has 0 fully saturated rings. The van der Waals surface area contributed by atoms with Gasteiger partial charge < -0.3 is 14.6 Å². The highest BCUT2D eigenvalue weighted by atomic mass is 16.5. The van der Waals surface area contributed by atoms with Crippen molar-refractivity contribution in [1.82, 2.24) is 15.5 Å². The minimum atomic E-state index is 0.219. The van der Waals surface area contributed by atoms with E-state index >= 15 is 0 Å². The zero-order chi connectivity index (χ0) is 15.4. The molecule has 1 aromatic carbocycles. The van der Waals surface area contributed by atoms with E-state index in [9.17, 15) is 0 Å². The number of aryl methyl sites for hydroxylation is 1. The molecule has 1 aromatic heterocycles. The van der Waals surface area contributed by atoms with E-state index in [1.807, 2.05) is 33.0 Å². The van der Waals surface area contributed by atoms with Crippen LogP contribution in [0.15, 0.2) is 22.7 Å². The second-order valence-corrected chi connectivity index (χ2v) is 5.54. The second-order valence-electron chi connectivity index (χ2n) is 5.54. The van der Waals surface area contributed by atoms with E-state index in [0.717, 1.165) is 11.3 Å². The van der Waals surface area contributed by atoms with Crippen LogP contribution < -0.4 is 10.1 Å². The first kappa shape index (κ1) is 15.5. The molecule has 0 bridgehead atoms. The summed E-state index contributed by atoms with van der Waals surface area (Å²) in [5.74, 6) is 2.28. The lowest BCUT2D eigenvalue weighted by Crippen LogP contribution is -2.14. The van der Waals surface area contributed by atoms with Crippen LogP contribution in [-0.2, 0) is 6.61 Å². The Kier molecular flexibility index (Phi) is 4.96. The van der Waals surface area contributed by atoms with Crippen LogP contribution in [0, 0.1) is 6.92 Å². The smallest absolute Gasteiger partial charge is 0.229 e. The molecule has 2 rings (SSSR count). The quantitative estimate of drug-likeness (QED) is 0.883. The number of nitrogens with zero attached hydrogens (tertiary/aromatic N) is 2. The summed E-state index contributed by atoms with van der Waals surface area (Å²) in [7, 11) is 1.94. The Labute approximate surface area is 125 Å². The highest BCUT2D eigenvalue weighted by Gasteiger charge is 2.13. The molecular weight excluding hydrogens is 266 g/mol. The minimum Gasteiger partial charge on any atom is -0.485 e. The molecule has 0 radical (unpaired) electrons. The Morgan fingerprint density at radius 1 is 1.29 bits per heavy atom. The first-order valence-electron chi connectivity index (χ1n) is 7.24. The summed E-state index contributed by atoms with van der Waals surface area (Å²) in [4.78, 5) is 4.32. The molecule has 0 saturated carbocycles. The fraction of sp³-hybridized carbons (Fsp3) is 0.500. The fourth-order valence-corrected chi connectivity index (χ4v) is 2.00. The molecule has 1 unspecified atom stereocenters. The average molecular weight is 289 g/mol. The third-order valence-electron chi connectivity index (χ3n) is 3.40. The number of hydrogen-bond acceptors (Lipinski definition) is 5. The summed E-state index contributed by atoms with van der Waals surface area (Å²) in [5, 5.41) is 7.17. The molecule has 0 saturated heterocycles. The summed E-state index contributed by atoms with van der Waals surface area (Å²) >= 11 is 0. The van der Waals surface area contributed by atoms with Crippen LogP contribution in [0.25, 0.3) is 0 Å². The molecule has 0 amide bonds. The Hall–Kier alpha value is -1.88. The van der Waals surface area contributed by atoms with Crippen LogP contribution in [0.5, 0.6) is 5.75 Å². The monoisotopic (exact) mass is 289 g/mol. The molecule has 0 aliphatic heterocycles. The van der Waals surface area contributed by atoms with Crippen molar-refractivity contribution in [3.63, 3.8) is 0 Å². The van der Waals surface area contributed by atoms with E-state index in [2.05, 4.69) is 35.4 Å². The van der Waals surface area contributed by atoms with Gasteiger partial charge in [-0.3, -0.25) is 0 Å². The lowest BCUT2D eigenvalue weighted by molar-refractivity contribution is 0.280. The normalized spacial score (nSPS) is 12.7. The SMILES string of the molecule is CNC(C)c1cc(C)ccc1OCc1noc(C(C)C)n1. The van der Waals surface area contributed by atoms with Gasteiger partial charge in [-0.05, 0) is 27.0 Å². The molecule has 0 aliphatic carbocycles. The highest BCUT2D eigenvalue weighted by Crippen LogP contribution is 2.26. The number of benzene rings is 1. The molecule has 0 spiro atoms. The first-order valence-corrected chi connectivity index (χ1v) is 7.24. The zero-order valence-corrected chi connectivity index (χ0v) is 13.3. The van der Waals surface area contributed by atoms with E-state index < -0.39 is 0 Å². The van der Waals surface area contributed by atoms with Gasteiger partial charge in [0.15, 0.2) is 6.61 Å². The lowest BCUT2D eigenvalue weighted by atomic mass is 10.0. The standard InChI is InChI=1S/C16H23N3O2/c1-10(2)16-18-15(19-21-16)9-20-14-7-6-11(3)8-13(14)12(4)17-5/h6-8,10,12,17H,9H2,1-5H3. The summed E-state index contributed by atoms with van der Waals surface area (Å²) in [6.07, 6.45) is 0. The van der Waals surface area contributed by atoms with Crippen molar-refractivity contribution in [2.45, 2.75) is 46.3 Å². The topological polar surface area (TPSA) is 60.2 Å². The van der Waals surface area contributed by atoms with Gasteiger partial charge in [0, 0.05) is 17.5 Å². The van der Waals surface area contributed by atoms with Gasteiger partial charge in [0.05, 0.1) is 0 Å². The maximum atomic E-state index is 5.87. The van der Waals surface area contributed by atoms with E-state index in [-0.39, 0.29) is 12.0 Å². The summed E-state index contributed by atoms with van der Waals surface area (Å²) in [6.45, 7) is 8.52. The van der Waals surface area contributed by atoms with Crippen molar-refractivity contribution in [3.8, 4) is 5.75 Å². The fourth-order valence-electron chi connectivity index (χ4n) is 2.00. The largest absolute Gasteiger partial charge is 0.485 e. The molecule has 0 aliphatic rings. The van der Waals surface area contributed by atoms with Crippen molar-refractivity contribution in [1.29, 1.82) is 0 Å². The molecule has 1 atom stereocenters. The predicted molar refractivity (Wildman–Crippen MR) is 81.4 cm³/mol. The predicted octanol–water partition coefficient (Wildman–Crippen LogP) is 3.36. The maximum Gasteiger partial charge on any atom is 0.229 e. The highest BCUT2D eigenvalue weighted by molar-refractivity contribution is 5.38. The average Bonchev–Trinajstić information content (AvgIpc) is 2.94. The van der Waals surface area contributed by atoms with Crippen LogP contribution in [0.4, 0.5) is 0 Å². The van der Waals surface area contributed by atoms with Crippen LogP contribution in [0.3, 0.4) is 0 Å². The molecule has 21 heavy (non-hydrogen) atoms. The van der Waals surface area contributed by atoms with Crippen LogP contribution in [-0.4, -0.2) is 17.2 Å². The van der Waals surface area contributed by atoms with Gasteiger partial charge in [0.2, 0.25) is 11.7 Å². The molecule has 5 heteroatoms. The molecular formula is C16H23N3O2. The van der Waals surface area contributed by atoms with Gasteiger partial charge >= 0.3 is 0 Å². The van der Waals surface area contributed by atoms with Crippen LogP contribution >= 0.6 is 0 Å². The second kappa shape index (κ2) is 6.72. The summed E-state index contributed by atoms with van der Waals surface area (Å²) < 4.78 is 11.0. The lowest BCUT2D eigenvalue weighted by Gasteiger charge is -2.16. The Balaban J connectivity index is 2.11. The van der Waals surface area contributed by atoms with E-state index in [4.69, 9.17) is 9.26 Å². The third-order valence-corrected chi connectivity index (χ3v) is 3.40. The van der Waals surface area contributed by atoms with Crippen molar-refractivity contribution in [2.75, 3.05) is 7.05 Å². The van der Waals surface area contributed by atoms with Gasteiger partial charge in [-0.15, -0.1) is 0 Å². The molecule has 2 aromatic rings. The number of ether oxygens (including phenoxy) is 1. The maximum absolute atomic E-state index is 5.87. The van der Waals surface area contributed by atoms with E-state index in [1.165, 1.54) is 5.56 Å². The molecule has 1 heterocycles. The first-order chi connectivity index (χ1) is 10.0. The summed E-state index contributed by atoms with van der Waals surface area (Å²) in [6, 6.07) is 6.38. The van der Waals surface area contributed by atoms with Crippen molar-refractivity contribution >= 4 is 0 Å². The van der Waals surface area contributed by atoms with Crippen LogP contribution in [0.1, 0.15) is 55.6 Å². The van der Waals surface area contributed by atoms with Crippen molar-refractivity contribution < 1.29 is 9.26 Å². The third kappa shape index (κ3) is 3.82. The number of aromatic nitrogens is 2. The number of rotatable bonds is 6. The Bertz CT molecular complexity index is 593. The van der Waals surface area contributed by atoms with Gasteiger partial charge in [-0.1, -0.05) is 36.7 Å². The van der Waals surface area contributed by atoms with Gasteiger partial charge in [-0.2, -0.15) is 4.98 Å². The zero-order valence-electron chi connectivity index (χ0n) is 13.3. The Morgan fingerprint density at radius 2 is 2.05 bits per heavy atom. The van der Waals surface area contributed by atoms with E-state index in [0.29, 0.717) is 18.3 Å². The molecule has 5 nitrogen and oxygen atoms in total. The summed E-state index contributed by atoms with van der Waals surface area (Å²) in [5.41, 5.74) is 2.34. The number of nitrogens with one attached hydrogen (secondary N) is 1. The van der Waals surface area contributed by atoms with Gasteiger partial charge in [-0.25, -0.2) is 0 Å². The molecule has 114 valence electrons. The van der Waals surface area contributed by atoms with E-state index in [1.54, 1.807) is 0 Å². The van der Waals surface area contributed by atoms with Gasteiger partial charge in [0.25, 0.3) is 0 Å².